The van der Waals surface area contributed by atoms with Crippen molar-refractivity contribution in [1.82, 2.24) is 9.88 Å². The number of methoxy groups -OCH3 is 1. The van der Waals surface area contributed by atoms with Crippen molar-refractivity contribution in [3.63, 3.8) is 0 Å². The average Bonchev–Trinajstić information content (AvgIpc) is 3.08. The van der Waals surface area contributed by atoms with Gasteiger partial charge in [0.25, 0.3) is 0 Å². The Morgan fingerprint density at radius 1 is 1.25 bits per heavy atom. The van der Waals surface area contributed by atoms with Crippen LogP contribution in [0, 0.1) is 5.92 Å². The van der Waals surface area contributed by atoms with Crippen molar-refractivity contribution in [2.75, 3.05) is 26.8 Å². The van der Waals surface area contributed by atoms with Gasteiger partial charge in [0.15, 0.2) is 11.5 Å². The largest absolute Gasteiger partial charge is 0.493 e. The summed E-state index contributed by atoms with van der Waals surface area (Å²) in [5.74, 6) is 1.89. The lowest BCUT2D eigenvalue weighted by molar-refractivity contribution is 0.220. The molecule has 128 valence electrons. The highest BCUT2D eigenvalue weighted by molar-refractivity contribution is 5.43. The van der Waals surface area contributed by atoms with Gasteiger partial charge in [0.05, 0.1) is 7.11 Å². The lowest BCUT2D eigenvalue weighted by Gasteiger charge is -2.17. The monoisotopic (exact) mass is 328 g/mol. The third-order valence-corrected chi connectivity index (χ3v) is 4.38. The van der Waals surface area contributed by atoms with E-state index in [1.807, 2.05) is 24.3 Å². The molecule has 1 fully saturated rings. The predicted molar refractivity (Wildman–Crippen MR) is 92.0 cm³/mol. The summed E-state index contributed by atoms with van der Waals surface area (Å²) < 4.78 is 11.3. The smallest absolute Gasteiger partial charge is 0.161 e. The number of ether oxygens (including phenoxy) is 2. The van der Waals surface area contributed by atoms with E-state index < -0.39 is 0 Å². The molecule has 0 amide bonds. The summed E-state index contributed by atoms with van der Waals surface area (Å²) in [6.07, 6.45) is 4.62. The molecule has 0 radical (unpaired) electrons. The van der Waals surface area contributed by atoms with Crippen LogP contribution in [0.5, 0.6) is 11.5 Å². The summed E-state index contributed by atoms with van der Waals surface area (Å²) in [5, 5.41) is 9.27. The molecule has 24 heavy (non-hydrogen) atoms. The number of nitrogens with zero attached hydrogens (tertiary/aromatic N) is 2. The predicted octanol–water partition coefficient (Wildman–Crippen LogP) is 2.48. The van der Waals surface area contributed by atoms with Crippen LogP contribution in [0.15, 0.2) is 42.7 Å². The highest BCUT2D eigenvalue weighted by Gasteiger charge is 2.21. The topological polar surface area (TPSA) is 54.8 Å². The van der Waals surface area contributed by atoms with Crippen LogP contribution >= 0.6 is 0 Å². The minimum absolute atomic E-state index is 0.276. The van der Waals surface area contributed by atoms with Crippen molar-refractivity contribution in [2.24, 2.45) is 5.92 Å². The first-order valence-corrected chi connectivity index (χ1v) is 8.30. The van der Waals surface area contributed by atoms with Crippen molar-refractivity contribution in [3.05, 3.63) is 53.9 Å². The van der Waals surface area contributed by atoms with Gasteiger partial charge < -0.3 is 14.6 Å². The number of hydrogen-bond acceptors (Lipinski definition) is 5. The van der Waals surface area contributed by atoms with E-state index in [4.69, 9.17) is 9.47 Å². The van der Waals surface area contributed by atoms with E-state index in [0.29, 0.717) is 12.5 Å². The van der Waals surface area contributed by atoms with Gasteiger partial charge >= 0.3 is 0 Å². The van der Waals surface area contributed by atoms with Gasteiger partial charge in [-0.25, -0.2) is 0 Å². The second-order valence-electron chi connectivity index (χ2n) is 6.21. The van der Waals surface area contributed by atoms with Gasteiger partial charge in [0, 0.05) is 37.7 Å². The van der Waals surface area contributed by atoms with Crippen molar-refractivity contribution in [2.45, 2.75) is 19.6 Å². The van der Waals surface area contributed by atoms with Gasteiger partial charge in [-0.05, 0) is 42.6 Å². The average molecular weight is 328 g/mol. The number of rotatable bonds is 7. The molecule has 1 aromatic heterocycles. The summed E-state index contributed by atoms with van der Waals surface area (Å²) >= 11 is 0. The molecular weight excluding hydrogens is 304 g/mol. The Labute approximate surface area is 142 Å². The molecule has 1 aliphatic rings. The highest BCUT2D eigenvalue weighted by Crippen LogP contribution is 2.30. The Hall–Kier alpha value is -2.11. The molecule has 0 bridgehead atoms. The second kappa shape index (κ2) is 8.13. The van der Waals surface area contributed by atoms with E-state index in [0.717, 1.165) is 43.1 Å². The first kappa shape index (κ1) is 16.7. The van der Waals surface area contributed by atoms with E-state index in [-0.39, 0.29) is 6.61 Å². The molecule has 2 heterocycles. The van der Waals surface area contributed by atoms with Gasteiger partial charge in [-0.15, -0.1) is 0 Å². The summed E-state index contributed by atoms with van der Waals surface area (Å²) in [4.78, 5) is 6.47. The molecule has 2 aromatic rings. The number of aromatic nitrogens is 1. The van der Waals surface area contributed by atoms with Crippen LogP contribution in [0.1, 0.15) is 17.5 Å². The molecule has 1 N–H and O–H groups in total. The molecule has 0 aliphatic carbocycles. The van der Waals surface area contributed by atoms with Crippen LogP contribution in [-0.2, 0) is 13.2 Å². The van der Waals surface area contributed by atoms with E-state index in [9.17, 15) is 5.11 Å². The fourth-order valence-electron chi connectivity index (χ4n) is 3.04. The SMILES string of the molecule is COc1ccc(CN2CCC(CO)C2)cc1OCc1cccnc1. The Bertz CT molecular complexity index is 648. The first-order chi connectivity index (χ1) is 11.8. The summed E-state index contributed by atoms with van der Waals surface area (Å²) in [6.45, 7) is 3.59. The van der Waals surface area contributed by atoms with Crippen molar-refractivity contribution < 1.29 is 14.6 Å². The third kappa shape index (κ3) is 4.24. The maximum absolute atomic E-state index is 9.27. The van der Waals surface area contributed by atoms with Gasteiger partial charge in [0.2, 0.25) is 0 Å². The summed E-state index contributed by atoms with van der Waals surface area (Å²) in [5.41, 5.74) is 2.21. The lowest BCUT2D eigenvalue weighted by atomic mass is 10.1. The van der Waals surface area contributed by atoms with Gasteiger partial charge in [-0.2, -0.15) is 0 Å². The zero-order chi connectivity index (χ0) is 16.8. The van der Waals surface area contributed by atoms with Crippen molar-refractivity contribution in [3.8, 4) is 11.5 Å². The van der Waals surface area contributed by atoms with E-state index in [1.54, 1.807) is 19.5 Å². The van der Waals surface area contributed by atoms with Crippen LogP contribution in [-0.4, -0.2) is 41.8 Å². The van der Waals surface area contributed by atoms with E-state index in [2.05, 4.69) is 16.0 Å². The molecule has 1 atom stereocenters. The van der Waals surface area contributed by atoms with Crippen LogP contribution in [0.4, 0.5) is 0 Å². The Balaban J connectivity index is 1.66. The number of hydrogen-bond donors (Lipinski definition) is 1. The standard InChI is InChI=1S/C19H24N2O3/c1-23-18-5-4-15(11-21-8-6-17(12-21)13-22)9-19(18)24-14-16-3-2-7-20-10-16/h2-5,7,9-10,17,22H,6,8,11-14H2,1H3. The van der Waals surface area contributed by atoms with Gasteiger partial charge in [-0.3, -0.25) is 9.88 Å². The fraction of sp³-hybridized carbons (Fsp3) is 0.421. The van der Waals surface area contributed by atoms with E-state index in [1.165, 1.54) is 5.56 Å². The molecular formula is C19H24N2O3. The number of pyridine rings is 1. The number of likely N-dealkylation sites (tertiary alicyclic amines) is 1. The first-order valence-electron chi connectivity index (χ1n) is 8.30. The maximum Gasteiger partial charge on any atom is 0.161 e. The Morgan fingerprint density at radius 2 is 2.17 bits per heavy atom. The fourth-order valence-corrected chi connectivity index (χ4v) is 3.04. The molecule has 0 spiro atoms. The number of aliphatic hydroxyl groups excluding tert-OH is 1. The van der Waals surface area contributed by atoms with Crippen LogP contribution in [0.25, 0.3) is 0 Å². The van der Waals surface area contributed by atoms with Crippen LogP contribution in [0.2, 0.25) is 0 Å². The minimum Gasteiger partial charge on any atom is -0.493 e. The van der Waals surface area contributed by atoms with Gasteiger partial charge in [-0.1, -0.05) is 12.1 Å². The molecule has 5 nitrogen and oxygen atoms in total. The van der Waals surface area contributed by atoms with Crippen LogP contribution in [0.3, 0.4) is 0 Å². The zero-order valence-electron chi connectivity index (χ0n) is 14.0. The van der Waals surface area contributed by atoms with E-state index >= 15 is 0 Å². The normalized spacial score (nSPS) is 17.8. The third-order valence-electron chi connectivity index (χ3n) is 4.38. The quantitative estimate of drug-likeness (QED) is 0.846. The Morgan fingerprint density at radius 3 is 2.88 bits per heavy atom. The molecule has 3 rings (SSSR count). The Kier molecular flexibility index (Phi) is 5.67. The zero-order valence-corrected chi connectivity index (χ0v) is 14.0. The van der Waals surface area contributed by atoms with Crippen LogP contribution < -0.4 is 9.47 Å². The molecule has 1 aliphatic heterocycles. The second-order valence-corrected chi connectivity index (χ2v) is 6.21. The molecule has 1 aromatic carbocycles. The lowest BCUT2D eigenvalue weighted by Crippen LogP contribution is -2.21. The molecule has 5 heteroatoms. The van der Waals surface area contributed by atoms with Gasteiger partial charge in [0.1, 0.15) is 6.61 Å². The number of benzene rings is 1. The molecule has 1 unspecified atom stereocenters. The molecule has 0 saturated carbocycles. The maximum atomic E-state index is 9.27. The highest BCUT2D eigenvalue weighted by atomic mass is 16.5. The van der Waals surface area contributed by atoms with Crippen molar-refractivity contribution >= 4 is 0 Å². The number of aliphatic hydroxyl groups is 1. The minimum atomic E-state index is 0.276. The summed E-state index contributed by atoms with van der Waals surface area (Å²) in [6, 6.07) is 9.96. The summed E-state index contributed by atoms with van der Waals surface area (Å²) in [7, 11) is 1.65. The molecule has 1 saturated heterocycles. The van der Waals surface area contributed by atoms with Crippen molar-refractivity contribution in [1.29, 1.82) is 0 Å².